The second-order valence-electron chi connectivity index (χ2n) is 8.86. The molecule has 34 heavy (non-hydrogen) atoms. The summed E-state index contributed by atoms with van der Waals surface area (Å²) in [6, 6.07) is 1.31. The van der Waals surface area contributed by atoms with E-state index in [1.165, 1.54) is 0 Å². The molecule has 3 aromatic rings. The molecule has 180 valence electrons. The van der Waals surface area contributed by atoms with Gasteiger partial charge in [0.15, 0.2) is 17.5 Å². The molecule has 2 aliphatic rings. The lowest BCUT2D eigenvalue weighted by molar-refractivity contribution is -0.138. The first-order valence-electron chi connectivity index (χ1n) is 11.3. The van der Waals surface area contributed by atoms with Gasteiger partial charge >= 0.3 is 6.18 Å². The number of piperidine rings is 1. The van der Waals surface area contributed by atoms with E-state index < -0.39 is 17.6 Å². The Hall–Kier alpha value is -3.08. The Morgan fingerprint density at radius 1 is 0.971 bits per heavy atom. The number of hydrogen-bond donors (Lipinski definition) is 0. The average molecular weight is 475 g/mol. The van der Waals surface area contributed by atoms with Crippen molar-refractivity contribution in [3.05, 3.63) is 59.9 Å². The Kier molecular flexibility index (Phi) is 5.97. The second-order valence-corrected chi connectivity index (χ2v) is 8.86. The van der Waals surface area contributed by atoms with E-state index in [9.17, 15) is 17.6 Å². The van der Waals surface area contributed by atoms with Crippen molar-refractivity contribution in [1.82, 2.24) is 29.4 Å². The minimum atomic E-state index is -4.61. The fraction of sp³-hybridized carbons (Fsp3) is 0.478. The fourth-order valence-corrected chi connectivity index (χ4v) is 4.55. The summed E-state index contributed by atoms with van der Waals surface area (Å²) in [7, 11) is 0. The molecule has 7 nitrogen and oxygen atoms in total. The standard InChI is InChI=1S/C23H25F4N7/c1-15-28-6-9-33(15)21-13-29-17(12-30-21)14-34(18-2-3-18)19-4-7-32(8-5-19)22-20(24)10-16(11-31-22)23(25,26)27/h6,9-13,18-19H,2-5,7-8,14H2,1H3. The van der Waals surface area contributed by atoms with Crippen molar-refractivity contribution in [3.63, 3.8) is 0 Å². The smallest absolute Gasteiger partial charge is 0.354 e. The molecule has 3 aromatic heterocycles. The van der Waals surface area contributed by atoms with Crippen LogP contribution >= 0.6 is 0 Å². The molecule has 0 unspecified atom stereocenters. The molecule has 1 saturated carbocycles. The molecular weight excluding hydrogens is 450 g/mol. The Morgan fingerprint density at radius 2 is 1.71 bits per heavy atom. The van der Waals surface area contributed by atoms with Gasteiger partial charge in [-0.15, -0.1) is 0 Å². The van der Waals surface area contributed by atoms with E-state index in [4.69, 9.17) is 0 Å². The topological polar surface area (TPSA) is 63.0 Å². The first kappa shape index (κ1) is 22.7. The molecule has 1 aliphatic heterocycles. The van der Waals surface area contributed by atoms with Crippen LogP contribution in [0.25, 0.3) is 5.82 Å². The van der Waals surface area contributed by atoms with Crippen LogP contribution in [0.5, 0.6) is 0 Å². The predicted octanol–water partition coefficient (Wildman–Crippen LogP) is 4.16. The number of pyridine rings is 1. The first-order chi connectivity index (χ1) is 16.3. The van der Waals surface area contributed by atoms with Gasteiger partial charge in [0.05, 0.1) is 23.7 Å². The zero-order valence-electron chi connectivity index (χ0n) is 18.7. The molecule has 0 atom stereocenters. The molecule has 0 spiro atoms. The zero-order chi connectivity index (χ0) is 23.9. The summed E-state index contributed by atoms with van der Waals surface area (Å²) in [6.07, 6.45) is 7.02. The summed E-state index contributed by atoms with van der Waals surface area (Å²) in [5, 5.41) is 0. The van der Waals surface area contributed by atoms with Crippen molar-refractivity contribution in [2.75, 3.05) is 18.0 Å². The van der Waals surface area contributed by atoms with Crippen LogP contribution in [0.2, 0.25) is 0 Å². The van der Waals surface area contributed by atoms with Gasteiger partial charge in [0.1, 0.15) is 5.82 Å². The first-order valence-corrected chi connectivity index (χ1v) is 11.3. The van der Waals surface area contributed by atoms with Crippen LogP contribution in [0.15, 0.2) is 37.1 Å². The predicted molar refractivity (Wildman–Crippen MR) is 117 cm³/mol. The van der Waals surface area contributed by atoms with Gasteiger partial charge in [-0.2, -0.15) is 13.2 Å². The largest absolute Gasteiger partial charge is 0.417 e. The number of rotatable bonds is 6. The van der Waals surface area contributed by atoms with Gasteiger partial charge in [-0.25, -0.2) is 19.3 Å². The van der Waals surface area contributed by atoms with Crippen LogP contribution in [-0.4, -0.2) is 54.6 Å². The summed E-state index contributed by atoms with van der Waals surface area (Å²) >= 11 is 0. The molecular formula is C23H25F4N7. The number of aromatic nitrogens is 5. The van der Waals surface area contributed by atoms with E-state index >= 15 is 0 Å². The lowest BCUT2D eigenvalue weighted by Gasteiger charge is -2.39. The fourth-order valence-electron chi connectivity index (χ4n) is 4.55. The summed E-state index contributed by atoms with van der Waals surface area (Å²) in [5.41, 5.74) is -0.190. The molecule has 0 amide bonds. The van der Waals surface area contributed by atoms with E-state index in [2.05, 4.69) is 24.8 Å². The lowest BCUT2D eigenvalue weighted by Crippen LogP contribution is -2.46. The Morgan fingerprint density at radius 3 is 2.26 bits per heavy atom. The maximum atomic E-state index is 14.4. The van der Waals surface area contributed by atoms with Crippen LogP contribution in [-0.2, 0) is 12.7 Å². The summed E-state index contributed by atoms with van der Waals surface area (Å²) < 4.78 is 54.7. The number of halogens is 4. The quantitative estimate of drug-likeness (QED) is 0.499. The van der Waals surface area contributed by atoms with Gasteiger partial charge in [-0.1, -0.05) is 0 Å². The van der Waals surface area contributed by atoms with Crippen LogP contribution in [0.1, 0.15) is 42.8 Å². The Labute approximate surface area is 194 Å². The maximum absolute atomic E-state index is 14.4. The minimum absolute atomic E-state index is 0.0133. The van der Waals surface area contributed by atoms with Crippen molar-refractivity contribution in [1.29, 1.82) is 0 Å². The molecule has 1 aliphatic carbocycles. The van der Waals surface area contributed by atoms with Gasteiger partial charge < -0.3 is 4.90 Å². The highest BCUT2D eigenvalue weighted by atomic mass is 19.4. The number of alkyl halides is 3. The van der Waals surface area contributed by atoms with Crippen LogP contribution < -0.4 is 4.90 Å². The van der Waals surface area contributed by atoms with Crippen molar-refractivity contribution < 1.29 is 17.6 Å². The van der Waals surface area contributed by atoms with Crippen molar-refractivity contribution in [2.45, 2.75) is 57.4 Å². The van der Waals surface area contributed by atoms with Gasteiger partial charge in [0, 0.05) is 50.3 Å². The third-order valence-electron chi connectivity index (χ3n) is 6.51. The third-order valence-corrected chi connectivity index (χ3v) is 6.51. The molecule has 11 heteroatoms. The maximum Gasteiger partial charge on any atom is 0.417 e. The molecule has 0 aromatic carbocycles. The monoisotopic (exact) mass is 475 g/mol. The summed E-state index contributed by atoms with van der Waals surface area (Å²) in [6.45, 7) is 3.66. The zero-order valence-corrected chi connectivity index (χ0v) is 18.7. The van der Waals surface area contributed by atoms with E-state index in [0.29, 0.717) is 44.0 Å². The number of imidazole rings is 1. The lowest BCUT2D eigenvalue weighted by atomic mass is 10.0. The van der Waals surface area contributed by atoms with E-state index in [1.807, 2.05) is 17.7 Å². The number of nitrogens with zero attached hydrogens (tertiary/aromatic N) is 7. The van der Waals surface area contributed by atoms with Crippen molar-refractivity contribution in [3.8, 4) is 5.82 Å². The SMILES string of the molecule is Cc1nccn1-c1cnc(CN(C2CC2)C2CCN(c3ncc(C(F)(F)F)cc3F)CC2)cn1. The van der Waals surface area contributed by atoms with Crippen LogP contribution in [0.3, 0.4) is 0 Å². The van der Waals surface area contributed by atoms with Crippen molar-refractivity contribution in [2.24, 2.45) is 0 Å². The third kappa shape index (κ3) is 4.75. The summed E-state index contributed by atoms with van der Waals surface area (Å²) in [5.74, 6) is 0.611. The molecule has 0 N–H and O–H groups in total. The van der Waals surface area contributed by atoms with E-state index in [-0.39, 0.29) is 5.82 Å². The van der Waals surface area contributed by atoms with Crippen LogP contribution in [0, 0.1) is 12.7 Å². The van der Waals surface area contributed by atoms with E-state index in [1.54, 1.807) is 23.5 Å². The average Bonchev–Trinajstić information content (AvgIpc) is 3.57. The van der Waals surface area contributed by atoms with Crippen molar-refractivity contribution >= 4 is 5.82 Å². The van der Waals surface area contributed by atoms with Gasteiger partial charge in [0.25, 0.3) is 0 Å². The van der Waals surface area contributed by atoms with Gasteiger partial charge in [-0.05, 0) is 38.7 Å². The summed E-state index contributed by atoms with van der Waals surface area (Å²) in [4.78, 5) is 21.3. The van der Waals surface area contributed by atoms with Gasteiger partial charge in [-0.3, -0.25) is 14.5 Å². The van der Waals surface area contributed by atoms with E-state index in [0.717, 1.165) is 43.0 Å². The molecule has 5 rings (SSSR count). The second kappa shape index (κ2) is 8.94. The highest BCUT2D eigenvalue weighted by Crippen LogP contribution is 2.35. The molecule has 2 fully saturated rings. The molecule has 0 radical (unpaired) electrons. The molecule has 1 saturated heterocycles. The minimum Gasteiger partial charge on any atom is -0.354 e. The number of anilines is 1. The highest BCUT2D eigenvalue weighted by Gasteiger charge is 2.37. The Bertz CT molecular complexity index is 1130. The molecule has 4 heterocycles. The molecule has 0 bridgehead atoms. The highest BCUT2D eigenvalue weighted by molar-refractivity contribution is 5.42. The van der Waals surface area contributed by atoms with Crippen LogP contribution in [0.4, 0.5) is 23.4 Å². The number of aryl methyl sites for hydroxylation is 1. The van der Waals surface area contributed by atoms with Gasteiger partial charge in [0.2, 0.25) is 0 Å². The Balaban J connectivity index is 1.23. The number of hydrogen-bond acceptors (Lipinski definition) is 6. The normalized spacial score (nSPS) is 17.5.